The van der Waals surface area contributed by atoms with Crippen LogP contribution in [0.2, 0.25) is 5.02 Å². The normalized spacial score (nSPS) is 15.9. The zero-order valence-corrected chi connectivity index (χ0v) is 17.2. The molecule has 1 saturated carbocycles. The number of alkyl halides is 1. The maximum Gasteiger partial charge on any atom is 0.248 e. The predicted molar refractivity (Wildman–Crippen MR) is 112 cm³/mol. The Bertz CT molecular complexity index is 776. The third-order valence-electron chi connectivity index (χ3n) is 4.74. The van der Waals surface area contributed by atoms with Gasteiger partial charge in [-0.1, -0.05) is 43.0 Å². The Balaban J connectivity index is 1.96. The summed E-state index contributed by atoms with van der Waals surface area (Å²) in [5.74, 6) is -0.732. The lowest BCUT2D eigenvalue weighted by atomic mass is 9.95. The van der Waals surface area contributed by atoms with Gasteiger partial charge in [0.2, 0.25) is 11.8 Å². The van der Waals surface area contributed by atoms with Crippen molar-refractivity contribution in [2.24, 2.45) is 0 Å². The lowest BCUT2D eigenvalue weighted by molar-refractivity contribution is -0.126. The molecule has 144 valence electrons. The highest BCUT2D eigenvalue weighted by molar-refractivity contribution is 7.10. The van der Waals surface area contributed by atoms with E-state index in [4.69, 9.17) is 23.2 Å². The number of carbonyl (C=O) groups excluding carboxylic acids is 2. The number of benzene rings is 1. The summed E-state index contributed by atoms with van der Waals surface area (Å²) in [4.78, 5) is 28.2. The summed E-state index contributed by atoms with van der Waals surface area (Å²) in [7, 11) is 0. The summed E-state index contributed by atoms with van der Waals surface area (Å²) < 4.78 is 0. The van der Waals surface area contributed by atoms with E-state index in [0.717, 1.165) is 30.6 Å². The van der Waals surface area contributed by atoms with Gasteiger partial charge in [0.15, 0.2) is 0 Å². The number of hydrogen-bond donors (Lipinski definition) is 1. The summed E-state index contributed by atoms with van der Waals surface area (Å²) in [6.07, 6.45) is 5.40. The molecule has 1 heterocycles. The van der Waals surface area contributed by atoms with Gasteiger partial charge in [0, 0.05) is 21.6 Å². The Labute approximate surface area is 173 Å². The van der Waals surface area contributed by atoms with Gasteiger partial charge in [-0.3, -0.25) is 14.5 Å². The molecule has 2 amide bonds. The van der Waals surface area contributed by atoms with Crippen molar-refractivity contribution in [3.8, 4) is 0 Å². The Hall–Kier alpha value is -1.56. The predicted octanol–water partition coefficient (Wildman–Crippen LogP) is 5.16. The molecular weight excluding hydrogens is 403 g/mol. The number of thiophene rings is 1. The van der Waals surface area contributed by atoms with E-state index in [0.29, 0.717) is 10.7 Å². The van der Waals surface area contributed by atoms with E-state index < -0.39 is 6.04 Å². The fourth-order valence-corrected chi connectivity index (χ4v) is 4.60. The zero-order valence-electron chi connectivity index (χ0n) is 14.9. The van der Waals surface area contributed by atoms with Crippen molar-refractivity contribution in [1.29, 1.82) is 0 Å². The van der Waals surface area contributed by atoms with Crippen LogP contribution < -0.4 is 10.2 Å². The van der Waals surface area contributed by atoms with Gasteiger partial charge in [0.1, 0.15) is 11.9 Å². The molecule has 4 nitrogen and oxygen atoms in total. The molecule has 3 rings (SSSR count). The van der Waals surface area contributed by atoms with Gasteiger partial charge >= 0.3 is 0 Å². The molecule has 0 bridgehead atoms. The van der Waals surface area contributed by atoms with Crippen LogP contribution in [0.3, 0.4) is 0 Å². The molecule has 0 saturated heterocycles. The van der Waals surface area contributed by atoms with Crippen molar-refractivity contribution in [3.05, 3.63) is 51.7 Å². The molecule has 2 aromatic rings. The van der Waals surface area contributed by atoms with E-state index in [-0.39, 0.29) is 23.7 Å². The second-order valence-electron chi connectivity index (χ2n) is 6.64. The van der Waals surface area contributed by atoms with Crippen LogP contribution in [0.5, 0.6) is 0 Å². The van der Waals surface area contributed by atoms with Crippen molar-refractivity contribution in [1.82, 2.24) is 5.32 Å². The average molecular weight is 425 g/mol. The Morgan fingerprint density at radius 1 is 1.19 bits per heavy atom. The first kappa shape index (κ1) is 20.2. The molecule has 0 spiro atoms. The molecular formula is C20H22Cl2N2O2S. The summed E-state index contributed by atoms with van der Waals surface area (Å²) >= 11 is 13.5. The molecule has 1 aliphatic carbocycles. The highest BCUT2D eigenvalue weighted by atomic mass is 35.5. The van der Waals surface area contributed by atoms with Gasteiger partial charge in [-0.05, 0) is 42.5 Å². The molecule has 27 heavy (non-hydrogen) atoms. The summed E-state index contributed by atoms with van der Waals surface area (Å²) in [6, 6.07) is 10.1. The van der Waals surface area contributed by atoms with Crippen LogP contribution in [0.15, 0.2) is 41.8 Å². The molecule has 0 aliphatic heterocycles. The topological polar surface area (TPSA) is 49.4 Å². The van der Waals surface area contributed by atoms with Gasteiger partial charge in [0.25, 0.3) is 0 Å². The number of nitrogens with one attached hydrogen (secondary N) is 1. The minimum Gasteiger partial charge on any atom is -0.351 e. The fourth-order valence-electron chi connectivity index (χ4n) is 3.48. The fraction of sp³-hybridized carbons (Fsp3) is 0.400. The van der Waals surface area contributed by atoms with Crippen LogP contribution in [0.1, 0.15) is 43.0 Å². The van der Waals surface area contributed by atoms with Gasteiger partial charge in [-0.15, -0.1) is 22.9 Å². The second-order valence-corrected chi connectivity index (χ2v) is 8.32. The number of amides is 2. The van der Waals surface area contributed by atoms with Crippen molar-refractivity contribution in [2.45, 2.75) is 44.2 Å². The molecule has 1 fully saturated rings. The van der Waals surface area contributed by atoms with Crippen molar-refractivity contribution < 1.29 is 9.59 Å². The van der Waals surface area contributed by atoms with Crippen LogP contribution >= 0.6 is 34.5 Å². The van der Waals surface area contributed by atoms with Gasteiger partial charge in [-0.25, -0.2) is 0 Å². The Kier molecular flexibility index (Phi) is 7.16. The minimum atomic E-state index is -0.767. The SMILES string of the molecule is O=C(NC1CCCCC1)C(c1cccs1)N(C(=O)CCl)c1cccc(Cl)c1. The number of halogens is 2. The van der Waals surface area contributed by atoms with Crippen LogP contribution in [0, 0.1) is 0 Å². The largest absolute Gasteiger partial charge is 0.351 e. The maximum absolute atomic E-state index is 13.3. The standard InChI is InChI=1S/C20H22Cl2N2O2S/c21-13-18(25)24(16-9-4-6-14(22)12-16)19(17-10-5-11-27-17)20(26)23-15-7-2-1-3-8-15/h4-6,9-12,15,19H,1-3,7-8,13H2,(H,23,26). The summed E-state index contributed by atoms with van der Waals surface area (Å²) in [6.45, 7) is 0. The first-order valence-electron chi connectivity index (χ1n) is 9.07. The maximum atomic E-state index is 13.3. The Morgan fingerprint density at radius 2 is 1.96 bits per heavy atom. The van der Waals surface area contributed by atoms with Crippen molar-refractivity contribution >= 4 is 52.0 Å². The molecule has 1 unspecified atom stereocenters. The highest BCUT2D eigenvalue weighted by Gasteiger charge is 2.34. The third kappa shape index (κ3) is 5.03. The van der Waals surface area contributed by atoms with E-state index in [2.05, 4.69) is 5.32 Å². The van der Waals surface area contributed by atoms with Crippen LogP contribution in [0.4, 0.5) is 5.69 Å². The Morgan fingerprint density at radius 3 is 2.59 bits per heavy atom. The van der Waals surface area contributed by atoms with Crippen LogP contribution in [0.25, 0.3) is 0 Å². The van der Waals surface area contributed by atoms with E-state index >= 15 is 0 Å². The van der Waals surface area contributed by atoms with E-state index in [1.54, 1.807) is 24.3 Å². The molecule has 1 N–H and O–H groups in total. The third-order valence-corrected chi connectivity index (χ3v) is 6.13. The zero-order chi connectivity index (χ0) is 19.2. The van der Waals surface area contributed by atoms with E-state index in [1.165, 1.54) is 22.7 Å². The van der Waals surface area contributed by atoms with Gasteiger partial charge in [0.05, 0.1) is 0 Å². The molecule has 0 radical (unpaired) electrons. The van der Waals surface area contributed by atoms with Crippen LogP contribution in [-0.4, -0.2) is 23.7 Å². The van der Waals surface area contributed by atoms with Crippen molar-refractivity contribution in [2.75, 3.05) is 10.8 Å². The highest BCUT2D eigenvalue weighted by Crippen LogP contribution is 2.32. The number of anilines is 1. The lowest BCUT2D eigenvalue weighted by Gasteiger charge is -2.32. The monoisotopic (exact) mass is 424 g/mol. The first-order valence-corrected chi connectivity index (χ1v) is 10.9. The minimum absolute atomic E-state index is 0.154. The van der Waals surface area contributed by atoms with Crippen molar-refractivity contribution in [3.63, 3.8) is 0 Å². The summed E-state index contributed by atoms with van der Waals surface area (Å²) in [5, 5.41) is 5.55. The molecule has 7 heteroatoms. The molecule has 1 aromatic heterocycles. The quantitative estimate of drug-likeness (QED) is 0.650. The number of hydrogen-bond acceptors (Lipinski definition) is 3. The second kappa shape index (κ2) is 9.58. The first-order chi connectivity index (χ1) is 13.1. The molecule has 1 aromatic carbocycles. The lowest BCUT2D eigenvalue weighted by Crippen LogP contribution is -2.47. The number of rotatable bonds is 6. The average Bonchev–Trinajstić information content (AvgIpc) is 3.20. The molecule has 1 aliphatic rings. The van der Waals surface area contributed by atoms with Crippen LogP contribution in [-0.2, 0) is 9.59 Å². The number of carbonyl (C=O) groups is 2. The number of nitrogens with zero attached hydrogens (tertiary/aromatic N) is 1. The van der Waals surface area contributed by atoms with E-state index in [1.807, 2.05) is 17.5 Å². The van der Waals surface area contributed by atoms with E-state index in [9.17, 15) is 9.59 Å². The van der Waals surface area contributed by atoms with Gasteiger partial charge in [-0.2, -0.15) is 0 Å². The van der Waals surface area contributed by atoms with Gasteiger partial charge < -0.3 is 5.32 Å². The summed E-state index contributed by atoms with van der Waals surface area (Å²) in [5.41, 5.74) is 0.561. The molecule has 1 atom stereocenters. The smallest absolute Gasteiger partial charge is 0.248 e.